The van der Waals surface area contributed by atoms with E-state index in [4.69, 9.17) is 9.84 Å². The fourth-order valence-electron chi connectivity index (χ4n) is 3.68. The lowest BCUT2D eigenvalue weighted by Gasteiger charge is -2.05. The molecular formula is C28H23FN4O2S. The Bertz CT molecular complexity index is 1430. The van der Waals surface area contributed by atoms with Crippen molar-refractivity contribution in [2.24, 2.45) is 0 Å². The summed E-state index contributed by atoms with van der Waals surface area (Å²) in [6.45, 7) is 0.609. The summed E-state index contributed by atoms with van der Waals surface area (Å²) < 4.78 is 20.5. The van der Waals surface area contributed by atoms with Gasteiger partial charge in [0, 0.05) is 29.2 Å². The Morgan fingerprint density at radius 2 is 1.69 bits per heavy atom. The molecule has 180 valence electrons. The van der Waals surface area contributed by atoms with E-state index in [1.807, 2.05) is 76.9 Å². The van der Waals surface area contributed by atoms with Gasteiger partial charge in [-0.1, -0.05) is 48.5 Å². The molecule has 0 bridgehead atoms. The third-order valence-corrected chi connectivity index (χ3v) is 6.32. The van der Waals surface area contributed by atoms with Crippen LogP contribution in [0.3, 0.4) is 0 Å². The second-order valence-electron chi connectivity index (χ2n) is 8.08. The number of aromatic nitrogens is 3. The lowest BCUT2D eigenvalue weighted by Crippen LogP contribution is -2.24. The zero-order valence-corrected chi connectivity index (χ0v) is 20.1. The van der Waals surface area contributed by atoms with Crippen LogP contribution in [0.4, 0.5) is 4.39 Å². The van der Waals surface area contributed by atoms with Crippen LogP contribution in [0.25, 0.3) is 16.9 Å². The Balaban J connectivity index is 1.22. The molecule has 2 heterocycles. The second-order valence-corrected chi connectivity index (χ2v) is 9.02. The third kappa shape index (κ3) is 5.84. The monoisotopic (exact) mass is 498 g/mol. The minimum atomic E-state index is -0.312. The number of halogens is 1. The number of amides is 1. The van der Waals surface area contributed by atoms with E-state index in [2.05, 4.69) is 10.3 Å². The van der Waals surface area contributed by atoms with Gasteiger partial charge >= 0.3 is 0 Å². The Morgan fingerprint density at radius 3 is 2.44 bits per heavy atom. The predicted molar refractivity (Wildman–Crippen MR) is 137 cm³/mol. The molecule has 1 N–H and O–H groups in total. The smallest absolute Gasteiger partial charge is 0.226 e. The molecule has 36 heavy (non-hydrogen) atoms. The Labute approximate surface area is 212 Å². The van der Waals surface area contributed by atoms with E-state index in [0.29, 0.717) is 18.0 Å². The van der Waals surface area contributed by atoms with E-state index in [1.165, 1.54) is 23.5 Å². The van der Waals surface area contributed by atoms with Crippen LogP contribution in [0.2, 0.25) is 0 Å². The first-order chi connectivity index (χ1) is 17.6. The Morgan fingerprint density at radius 1 is 0.972 bits per heavy atom. The van der Waals surface area contributed by atoms with Crippen LogP contribution in [0.15, 0.2) is 96.5 Å². The van der Waals surface area contributed by atoms with Gasteiger partial charge in [-0.15, -0.1) is 11.3 Å². The lowest BCUT2D eigenvalue weighted by molar-refractivity contribution is -0.120. The van der Waals surface area contributed by atoms with E-state index < -0.39 is 0 Å². The maximum absolute atomic E-state index is 13.0. The Kier molecular flexibility index (Phi) is 7.14. The van der Waals surface area contributed by atoms with Gasteiger partial charge in [0.2, 0.25) is 5.91 Å². The first-order valence-corrected chi connectivity index (χ1v) is 12.3. The molecule has 0 aliphatic carbocycles. The number of rotatable bonds is 9. The number of para-hydroxylation sites is 1. The number of carbonyl (C=O) groups is 1. The van der Waals surface area contributed by atoms with Crippen LogP contribution in [-0.4, -0.2) is 20.7 Å². The number of carbonyl (C=O) groups excluding carboxylic acids is 1. The van der Waals surface area contributed by atoms with Gasteiger partial charge in [0.05, 0.1) is 23.5 Å². The summed E-state index contributed by atoms with van der Waals surface area (Å²) in [6.07, 6.45) is 2.12. The fraction of sp³-hybridized carbons (Fsp3) is 0.107. The molecule has 3 aromatic carbocycles. The van der Waals surface area contributed by atoms with Gasteiger partial charge in [-0.25, -0.2) is 14.1 Å². The highest BCUT2D eigenvalue weighted by Gasteiger charge is 2.14. The molecule has 5 rings (SSSR count). The largest absolute Gasteiger partial charge is 0.486 e. The third-order valence-electron chi connectivity index (χ3n) is 5.45. The molecule has 0 fully saturated rings. The standard InChI is InChI=1S/C28H23FN4O2S/c29-22-11-13-25(14-12-22)35-18-27-31-23(19-36-27)15-26(34)30-16-21-17-33(24-9-5-2-6-10-24)32-28(21)20-7-3-1-4-8-20/h1-14,17,19H,15-16,18H2,(H,30,34). The number of hydrogen-bond donors (Lipinski definition) is 1. The lowest BCUT2D eigenvalue weighted by atomic mass is 10.1. The molecule has 8 heteroatoms. The minimum absolute atomic E-state index is 0.127. The van der Waals surface area contributed by atoms with Gasteiger partial charge in [-0.05, 0) is 36.4 Å². The molecule has 0 saturated heterocycles. The molecule has 0 aliphatic heterocycles. The van der Waals surface area contributed by atoms with Crippen LogP contribution >= 0.6 is 11.3 Å². The summed E-state index contributed by atoms with van der Waals surface area (Å²) in [6, 6.07) is 25.6. The van der Waals surface area contributed by atoms with Crippen LogP contribution in [0.1, 0.15) is 16.3 Å². The molecule has 6 nitrogen and oxygen atoms in total. The minimum Gasteiger partial charge on any atom is -0.486 e. The van der Waals surface area contributed by atoms with E-state index in [1.54, 1.807) is 12.1 Å². The molecule has 0 radical (unpaired) electrons. The summed E-state index contributed by atoms with van der Waals surface area (Å²) in [4.78, 5) is 17.2. The summed E-state index contributed by atoms with van der Waals surface area (Å²) >= 11 is 1.43. The molecule has 2 aromatic heterocycles. The summed E-state index contributed by atoms with van der Waals surface area (Å²) in [5.41, 5.74) is 4.36. The van der Waals surface area contributed by atoms with Crippen LogP contribution in [0, 0.1) is 5.82 Å². The first-order valence-electron chi connectivity index (χ1n) is 11.4. The molecule has 1 amide bonds. The number of nitrogens with zero attached hydrogens (tertiary/aromatic N) is 3. The van der Waals surface area contributed by atoms with Gasteiger partial charge in [0.15, 0.2) is 0 Å². The molecule has 0 spiro atoms. The second kappa shape index (κ2) is 11.0. The number of hydrogen-bond acceptors (Lipinski definition) is 5. The number of benzene rings is 3. The zero-order chi connectivity index (χ0) is 24.7. The van der Waals surface area contributed by atoms with Crippen molar-refractivity contribution < 1.29 is 13.9 Å². The summed E-state index contributed by atoms with van der Waals surface area (Å²) in [7, 11) is 0. The van der Waals surface area contributed by atoms with Crippen molar-refractivity contribution in [3.63, 3.8) is 0 Å². The number of nitrogens with one attached hydrogen (secondary N) is 1. The highest BCUT2D eigenvalue weighted by Crippen LogP contribution is 2.24. The van der Waals surface area contributed by atoms with Gasteiger partial charge in [-0.3, -0.25) is 4.79 Å². The normalized spacial score (nSPS) is 10.8. The maximum Gasteiger partial charge on any atom is 0.226 e. The van der Waals surface area contributed by atoms with Crippen molar-refractivity contribution in [2.75, 3.05) is 0 Å². The van der Waals surface area contributed by atoms with Crippen molar-refractivity contribution in [1.29, 1.82) is 0 Å². The molecule has 5 aromatic rings. The highest BCUT2D eigenvalue weighted by atomic mass is 32.1. The predicted octanol–water partition coefficient (Wildman–Crippen LogP) is 5.57. The zero-order valence-electron chi connectivity index (χ0n) is 19.3. The van der Waals surface area contributed by atoms with Crippen molar-refractivity contribution in [3.05, 3.63) is 119 Å². The van der Waals surface area contributed by atoms with Crippen molar-refractivity contribution in [3.8, 4) is 22.7 Å². The van der Waals surface area contributed by atoms with Crippen LogP contribution in [0.5, 0.6) is 5.75 Å². The van der Waals surface area contributed by atoms with Crippen molar-refractivity contribution in [1.82, 2.24) is 20.1 Å². The summed E-state index contributed by atoms with van der Waals surface area (Å²) in [5.74, 6) is 0.127. The average Bonchev–Trinajstić information content (AvgIpc) is 3.55. The topological polar surface area (TPSA) is 69.0 Å². The molecule has 0 saturated carbocycles. The molecule has 0 unspecified atom stereocenters. The highest BCUT2D eigenvalue weighted by molar-refractivity contribution is 7.09. The summed E-state index contributed by atoms with van der Waals surface area (Å²) in [5, 5.41) is 10.4. The first kappa shape index (κ1) is 23.4. The SMILES string of the molecule is O=C(Cc1csc(COc2ccc(F)cc2)n1)NCc1cn(-c2ccccc2)nc1-c1ccccc1. The maximum atomic E-state index is 13.0. The van der Waals surface area contributed by atoms with E-state index in [9.17, 15) is 9.18 Å². The quantitative estimate of drug-likeness (QED) is 0.288. The Hall–Kier alpha value is -4.30. The van der Waals surface area contributed by atoms with Crippen LogP contribution < -0.4 is 10.1 Å². The van der Waals surface area contributed by atoms with Gasteiger partial charge in [0.25, 0.3) is 0 Å². The van der Waals surface area contributed by atoms with Crippen molar-refractivity contribution >= 4 is 17.2 Å². The van der Waals surface area contributed by atoms with Crippen molar-refractivity contribution in [2.45, 2.75) is 19.6 Å². The van der Waals surface area contributed by atoms with Gasteiger partial charge < -0.3 is 10.1 Å². The number of ether oxygens (including phenoxy) is 1. The average molecular weight is 499 g/mol. The van der Waals surface area contributed by atoms with E-state index in [0.717, 1.165) is 27.5 Å². The van der Waals surface area contributed by atoms with Gasteiger partial charge in [-0.2, -0.15) is 5.10 Å². The van der Waals surface area contributed by atoms with E-state index in [-0.39, 0.29) is 24.8 Å². The van der Waals surface area contributed by atoms with Gasteiger partial charge in [0.1, 0.15) is 23.2 Å². The number of thiazole rings is 1. The fourth-order valence-corrected chi connectivity index (χ4v) is 4.39. The molecule has 0 aliphatic rings. The molecule has 0 atom stereocenters. The van der Waals surface area contributed by atoms with Crippen LogP contribution in [-0.2, 0) is 24.4 Å². The molecular weight excluding hydrogens is 475 g/mol. The van der Waals surface area contributed by atoms with E-state index >= 15 is 0 Å².